The Kier molecular flexibility index (Phi) is 5.32. The summed E-state index contributed by atoms with van der Waals surface area (Å²) in [6.45, 7) is 0. The lowest BCUT2D eigenvalue weighted by molar-refractivity contribution is -0.148. The molecule has 4 aromatic rings. The van der Waals surface area contributed by atoms with Crippen molar-refractivity contribution in [2.45, 2.75) is 31.7 Å². The lowest BCUT2D eigenvalue weighted by Crippen LogP contribution is -2.51. The highest BCUT2D eigenvalue weighted by atomic mass is 35.5. The Hall–Kier alpha value is -3.66. The number of pyridine rings is 1. The van der Waals surface area contributed by atoms with Crippen molar-refractivity contribution in [1.82, 2.24) is 29.9 Å². The molecule has 0 spiro atoms. The second kappa shape index (κ2) is 8.53. The highest BCUT2D eigenvalue weighted by Gasteiger charge is 2.47. The molecular formula is C24H21ClFN7O2. The first-order valence-electron chi connectivity index (χ1n) is 11.5. The molecule has 2 atom stereocenters. The summed E-state index contributed by atoms with van der Waals surface area (Å²) in [6, 6.07) is 4.71. The van der Waals surface area contributed by atoms with E-state index in [4.69, 9.17) is 11.6 Å². The lowest BCUT2D eigenvalue weighted by atomic mass is 9.61. The molecule has 35 heavy (non-hydrogen) atoms. The number of nitrogens with one attached hydrogen (secondary N) is 2. The topological polar surface area (TPSA) is 130 Å². The van der Waals surface area contributed by atoms with Crippen LogP contribution >= 0.6 is 11.6 Å². The van der Waals surface area contributed by atoms with Crippen molar-refractivity contribution < 1.29 is 14.3 Å². The minimum absolute atomic E-state index is 0.00952. The maximum Gasteiger partial charge on any atom is 0.308 e. The van der Waals surface area contributed by atoms with E-state index in [0.29, 0.717) is 22.4 Å². The number of carboxylic acids is 1. The number of fused-ring (bicyclic) bond motifs is 4. The van der Waals surface area contributed by atoms with E-state index < -0.39 is 23.7 Å². The number of carboxylic acid groups (broad SMARTS) is 1. The Morgan fingerprint density at radius 3 is 2.66 bits per heavy atom. The number of anilines is 1. The molecule has 0 amide bonds. The molecule has 0 radical (unpaired) electrons. The van der Waals surface area contributed by atoms with E-state index in [1.807, 2.05) is 0 Å². The first-order valence-corrected chi connectivity index (χ1v) is 11.9. The quantitative estimate of drug-likeness (QED) is 0.368. The van der Waals surface area contributed by atoms with E-state index in [0.717, 1.165) is 25.7 Å². The number of nitrogens with zero attached hydrogens (tertiary/aromatic N) is 5. The fourth-order valence-corrected chi connectivity index (χ4v) is 5.68. The van der Waals surface area contributed by atoms with Crippen LogP contribution in [0.25, 0.3) is 33.9 Å². The molecule has 11 heteroatoms. The van der Waals surface area contributed by atoms with Crippen LogP contribution < -0.4 is 5.32 Å². The Morgan fingerprint density at radius 2 is 1.91 bits per heavy atom. The van der Waals surface area contributed by atoms with Gasteiger partial charge in [-0.05, 0) is 49.7 Å². The van der Waals surface area contributed by atoms with Gasteiger partial charge in [0.25, 0.3) is 0 Å². The predicted octanol–water partition coefficient (Wildman–Crippen LogP) is 4.57. The van der Waals surface area contributed by atoms with Crippen LogP contribution in [0.15, 0.2) is 36.8 Å². The maximum absolute atomic E-state index is 15.9. The van der Waals surface area contributed by atoms with Gasteiger partial charge in [-0.3, -0.25) is 9.78 Å². The smallest absolute Gasteiger partial charge is 0.308 e. The second-order valence-corrected chi connectivity index (χ2v) is 9.46. The standard InChI is InChI=1S/C24H21ClFN7O2/c25-15-10-29-23-19(30-15)13(9-28-23)21-32-20(14-3-1-2-8-27-14)17(26)22(33-21)31-18-12-6-4-11(5-7-12)16(18)24(34)35/h1-3,8-12,16,18H,4-7H2,(H,28,29)(H,34,35)(H,31,32,33). The minimum atomic E-state index is -0.863. The van der Waals surface area contributed by atoms with Crippen molar-refractivity contribution in [2.75, 3.05) is 5.32 Å². The van der Waals surface area contributed by atoms with Crippen LogP contribution in [0.5, 0.6) is 0 Å². The molecule has 2 unspecified atom stereocenters. The van der Waals surface area contributed by atoms with Gasteiger partial charge in [0.1, 0.15) is 16.4 Å². The molecule has 3 N–H and O–H groups in total. The number of hydrogen-bond acceptors (Lipinski definition) is 7. The number of rotatable bonds is 5. The van der Waals surface area contributed by atoms with Crippen molar-refractivity contribution in [3.8, 4) is 22.8 Å². The summed E-state index contributed by atoms with van der Waals surface area (Å²) in [4.78, 5) is 37.0. The Balaban J connectivity index is 1.50. The summed E-state index contributed by atoms with van der Waals surface area (Å²) in [5.74, 6) is -1.79. The first kappa shape index (κ1) is 21.8. The molecule has 0 aliphatic heterocycles. The number of aromatic amines is 1. The Morgan fingerprint density at radius 1 is 1.11 bits per heavy atom. The molecule has 0 saturated heterocycles. The third-order valence-electron chi connectivity index (χ3n) is 7.16. The van der Waals surface area contributed by atoms with Crippen LogP contribution in [0.3, 0.4) is 0 Å². The van der Waals surface area contributed by atoms with Gasteiger partial charge in [0.2, 0.25) is 0 Å². The summed E-state index contributed by atoms with van der Waals surface area (Å²) < 4.78 is 15.9. The SMILES string of the molecule is O=C(O)C1C2CCC(CC2)C1Nc1nc(-c2c[nH]c3ncc(Cl)nc23)nc(-c2ccccn2)c1F. The molecule has 4 aromatic heterocycles. The zero-order chi connectivity index (χ0) is 24.1. The molecule has 7 rings (SSSR count). The van der Waals surface area contributed by atoms with Crippen molar-refractivity contribution in [3.05, 3.63) is 47.8 Å². The number of carbonyl (C=O) groups is 1. The molecule has 4 heterocycles. The summed E-state index contributed by atoms with van der Waals surface area (Å²) in [7, 11) is 0. The number of hydrogen-bond donors (Lipinski definition) is 3. The molecule has 3 aliphatic rings. The van der Waals surface area contributed by atoms with Gasteiger partial charge < -0.3 is 15.4 Å². The molecule has 3 saturated carbocycles. The van der Waals surface area contributed by atoms with E-state index in [9.17, 15) is 9.90 Å². The Bertz CT molecular complexity index is 1420. The summed E-state index contributed by atoms with van der Waals surface area (Å²) in [6.07, 6.45) is 8.21. The van der Waals surface area contributed by atoms with E-state index in [2.05, 4.69) is 35.2 Å². The molecule has 3 fully saturated rings. The van der Waals surface area contributed by atoms with Gasteiger partial charge in [-0.1, -0.05) is 17.7 Å². The van der Waals surface area contributed by atoms with E-state index in [-0.39, 0.29) is 34.3 Å². The number of H-pyrrole nitrogens is 1. The second-order valence-electron chi connectivity index (χ2n) is 9.07. The van der Waals surface area contributed by atoms with Gasteiger partial charge in [0, 0.05) is 18.4 Å². The summed E-state index contributed by atoms with van der Waals surface area (Å²) in [5.41, 5.74) is 1.77. The van der Waals surface area contributed by atoms with Crippen LogP contribution in [0, 0.1) is 23.6 Å². The Labute approximate surface area is 204 Å². The normalized spacial score (nSPS) is 23.5. The predicted molar refractivity (Wildman–Crippen MR) is 127 cm³/mol. The minimum Gasteiger partial charge on any atom is -0.481 e. The lowest BCUT2D eigenvalue weighted by Gasteiger charge is -2.47. The van der Waals surface area contributed by atoms with Gasteiger partial charge in [0.15, 0.2) is 23.1 Å². The third kappa shape index (κ3) is 3.78. The summed E-state index contributed by atoms with van der Waals surface area (Å²) in [5, 5.41) is 13.3. The van der Waals surface area contributed by atoms with Crippen LogP contribution in [0.2, 0.25) is 5.15 Å². The van der Waals surface area contributed by atoms with Gasteiger partial charge in [0.05, 0.1) is 23.4 Å². The zero-order valence-electron chi connectivity index (χ0n) is 18.4. The van der Waals surface area contributed by atoms with Crippen LogP contribution in [0.4, 0.5) is 10.2 Å². The van der Waals surface area contributed by atoms with E-state index >= 15 is 4.39 Å². The molecule has 2 bridgehead atoms. The van der Waals surface area contributed by atoms with Gasteiger partial charge in [-0.2, -0.15) is 0 Å². The third-order valence-corrected chi connectivity index (χ3v) is 7.34. The van der Waals surface area contributed by atoms with Crippen molar-refractivity contribution in [2.24, 2.45) is 17.8 Å². The van der Waals surface area contributed by atoms with Gasteiger partial charge in [-0.15, -0.1) is 0 Å². The maximum atomic E-state index is 15.9. The van der Waals surface area contributed by atoms with Crippen LogP contribution in [-0.2, 0) is 4.79 Å². The fourth-order valence-electron chi connectivity index (χ4n) is 5.55. The fraction of sp³-hybridized carbons (Fsp3) is 0.333. The molecule has 3 aliphatic carbocycles. The van der Waals surface area contributed by atoms with Gasteiger partial charge >= 0.3 is 5.97 Å². The largest absolute Gasteiger partial charge is 0.481 e. The number of aromatic nitrogens is 6. The van der Waals surface area contributed by atoms with Gasteiger partial charge in [-0.25, -0.2) is 24.3 Å². The molecular weight excluding hydrogens is 473 g/mol. The molecule has 0 aromatic carbocycles. The molecule has 9 nitrogen and oxygen atoms in total. The first-order chi connectivity index (χ1) is 17.0. The van der Waals surface area contributed by atoms with Crippen molar-refractivity contribution >= 4 is 34.6 Å². The number of aliphatic carboxylic acids is 1. The monoisotopic (exact) mass is 493 g/mol. The highest BCUT2D eigenvalue weighted by Crippen LogP contribution is 2.46. The van der Waals surface area contributed by atoms with Crippen molar-refractivity contribution in [1.29, 1.82) is 0 Å². The highest BCUT2D eigenvalue weighted by molar-refractivity contribution is 6.29. The van der Waals surface area contributed by atoms with Crippen LogP contribution in [-0.4, -0.2) is 47.0 Å². The summed E-state index contributed by atoms with van der Waals surface area (Å²) >= 11 is 6.06. The zero-order valence-corrected chi connectivity index (χ0v) is 19.2. The van der Waals surface area contributed by atoms with Crippen LogP contribution in [0.1, 0.15) is 25.7 Å². The molecule has 178 valence electrons. The van der Waals surface area contributed by atoms with Crippen molar-refractivity contribution in [3.63, 3.8) is 0 Å². The number of halogens is 2. The average molecular weight is 494 g/mol. The average Bonchev–Trinajstić information content (AvgIpc) is 3.29. The van der Waals surface area contributed by atoms with E-state index in [1.54, 1.807) is 30.6 Å². The van der Waals surface area contributed by atoms with E-state index in [1.165, 1.54) is 6.20 Å².